The molecule has 0 spiro atoms. The highest BCUT2D eigenvalue weighted by molar-refractivity contribution is 5.32. The third-order valence-corrected chi connectivity index (χ3v) is 3.03. The maximum Gasteiger partial charge on any atom is 0.129 e. The van der Waals surface area contributed by atoms with Crippen LogP contribution in [0.4, 0.5) is 8.78 Å². The predicted molar refractivity (Wildman–Crippen MR) is 47.6 cm³/mol. The number of rotatable bonds is 2. The second kappa shape index (κ2) is 2.79. The fourth-order valence-corrected chi connectivity index (χ4v) is 1.88. The van der Waals surface area contributed by atoms with E-state index in [0.29, 0.717) is 5.56 Å². The van der Waals surface area contributed by atoms with Crippen LogP contribution in [0.25, 0.3) is 0 Å². The van der Waals surface area contributed by atoms with Gasteiger partial charge in [0.15, 0.2) is 0 Å². The minimum absolute atomic E-state index is 0.0256. The van der Waals surface area contributed by atoms with Gasteiger partial charge in [-0.15, -0.1) is 0 Å². The van der Waals surface area contributed by atoms with Gasteiger partial charge in [0.25, 0.3) is 0 Å². The molecule has 1 aromatic rings. The highest BCUT2D eigenvalue weighted by Crippen LogP contribution is 2.51. The van der Waals surface area contributed by atoms with Gasteiger partial charge in [0.1, 0.15) is 11.6 Å². The molecule has 0 saturated heterocycles. The molecule has 0 aliphatic heterocycles. The predicted octanol–water partition coefficient (Wildman–Crippen LogP) is 3.41. The highest BCUT2D eigenvalue weighted by Gasteiger charge is 2.43. The van der Waals surface area contributed by atoms with Crippen molar-refractivity contribution >= 4 is 0 Å². The van der Waals surface area contributed by atoms with Gasteiger partial charge < -0.3 is 0 Å². The van der Waals surface area contributed by atoms with Gasteiger partial charge in [0, 0.05) is 6.07 Å². The molecule has 0 aromatic heterocycles. The maximum absolute atomic E-state index is 13.3. The normalized spacial score (nSPS) is 18.7. The molecular weight excluding hydrogens is 170 g/mol. The molecule has 1 aliphatic carbocycles. The summed E-state index contributed by atoms with van der Waals surface area (Å²) in [4.78, 5) is 0. The molecule has 1 aliphatic rings. The SMILES string of the molecule is CCC1(c2ccc(F)cc2F)CC1. The molecule has 0 N–H and O–H groups in total. The topological polar surface area (TPSA) is 0 Å². The summed E-state index contributed by atoms with van der Waals surface area (Å²) in [6.45, 7) is 2.05. The summed E-state index contributed by atoms with van der Waals surface area (Å²) in [6, 6.07) is 3.90. The van der Waals surface area contributed by atoms with Crippen molar-refractivity contribution in [3.63, 3.8) is 0 Å². The monoisotopic (exact) mass is 182 g/mol. The summed E-state index contributed by atoms with van der Waals surface area (Å²) in [7, 11) is 0. The summed E-state index contributed by atoms with van der Waals surface area (Å²) in [6.07, 6.45) is 3.01. The van der Waals surface area contributed by atoms with E-state index in [9.17, 15) is 8.78 Å². The average Bonchev–Trinajstić information content (AvgIpc) is 2.85. The molecule has 2 rings (SSSR count). The lowest BCUT2D eigenvalue weighted by atomic mass is 9.93. The van der Waals surface area contributed by atoms with E-state index in [1.165, 1.54) is 6.07 Å². The molecule has 13 heavy (non-hydrogen) atoms. The van der Waals surface area contributed by atoms with Crippen LogP contribution in [0.15, 0.2) is 18.2 Å². The van der Waals surface area contributed by atoms with Crippen molar-refractivity contribution in [2.45, 2.75) is 31.6 Å². The Kier molecular flexibility index (Phi) is 1.86. The van der Waals surface area contributed by atoms with Gasteiger partial charge >= 0.3 is 0 Å². The zero-order valence-corrected chi connectivity index (χ0v) is 7.61. The van der Waals surface area contributed by atoms with Gasteiger partial charge in [-0.2, -0.15) is 0 Å². The quantitative estimate of drug-likeness (QED) is 0.657. The van der Waals surface area contributed by atoms with E-state index in [1.807, 2.05) is 0 Å². The van der Waals surface area contributed by atoms with Gasteiger partial charge in [-0.3, -0.25) is 0 Å². The Morgan fingerprint density at radius 1 is 1.31 bits per heavy atom. The molecule has 0 bridgehead atoms. The maximum atomic E-state index is 13.3. The Balaban J connectivity index is 2.41. The van der Waals surface area contributed by atoms with Gasteiger partial charge in [0.05, 0.1) is 0 Å². The van der Waals surface area contributed by atoms with Gasteiger partial charge in [-0.05, 0) is 36.3 Å². The first-order chi connectivity index (χ1) is 6.18. The van der Waals surface area contributed by atoms with E-state index in [2.05, 4.69) is 6.92 Å². The number of hydrogen-bond donors (Lipinski definition) is 0. The first-order valence-electron chi connectivity index (χ1n) is 4.63. The average molecular weight is 182 g/mol. The van der Waals surface area contributed by atoms with Crippen LogP contribution in [0, 0.1) is 11.6 Å². The second-order valence-corrected chi connectivity index (χ2v) is 3.76. The summed E-state index contributed by atoms with van der Waals surface area (Å²) in [5, 5.41) is 0. The van der Waals surface area contributed by atoms with E-state index in [1.54, 1.807) is 6.07 Å². The highest BCUT2D eigenvalue weighted by atomic mass is 19.1. The van der Waals surface area contributed by atoms with E-state index in [0.717, 1.165) is 25.3 Å². The van der Waals surface area contributed by atoms with Crippen LogP contribution in [-0.2, 0) is 5.41 Å². The Hall–Kier alpha value is -0.920. The van der Waals surface area contributed by atoms with Crippen LogP contribution in [0.1, 0.15) is 31.7 Å². The molecule has 0 nitrogen and oxygen atoms in total. The van der Waals surface area contributed by atoms with Crippen molar-refractivity contribution in [2.75, 3.05) is 0 Å². The molecule has 70 valence electrons. The molecule has 2 heteroatoms. The summed E-state index contributed by atoms with van der Waals surface area (Å²) in [5.41, 5.74) is 0.717. The number of benzene rings is 1. The van der Waals surface area contributed by atoms with Crippen LogP contribution in [0.5, 0.6) is 0 Å². The third kappa shape index (κ3) is 1.34. The van der Waals surface area contributed by atoms with Crippen molar-refractivity contribution in [1.82, 2.24) is 0 Å². The molecule has 1 aromatic carbocycles. The van der Waals surface area contributed by atoms with Crippen molar-refractivity contribution in [3.8, 4) is 0 Å². The molecule has 1 saturated carbocycles. The van der Waals surface area contributed by atoms with Gasteiger partial charge in [0.2, 0.25) is 0 Å². The fourth-order valence-electron chi connectivity index (χ4n) is 1.88. The number of hydrogen-bond acceptors (Lipinski definition) is 0. The summed E-state index contributed by atoms with van der Waals surface area (Å²) < 4.78 is 26.0. The zero-order chi connectivity index (χ0) is 9.47. The van der Waals surface area contributed by atoms with Crippen LogP contribution in [-0.4, -0.2) is 0 Å². The number of halogens is 2. The Morgan fingerprint density at radius 3 is 2.46 bits per heavy atom. The second-order valence-electron chi connectivity index (χ2n) is 3.76. The van der Waals surface area contributed by atoms with Crippen LogP contribution < -0.4 is 0 Å². The van der Waals surface area contributed by atoms with Crippen molar-refractivity contribution in [2.24, 2.45) is 0 Å². The zero-order valence-electron chi connectivity index (χ0n) is 7.61. The molecular formula is C11H12F2. The molecule has 0 atom stereocenters. The Morgan fingerprint density at radius 2 is 2.00 bits per heavy atom. The fraction of sp³-hybridized carbons (Fsp3) is 0.455. The first kappa shape index (κ1) is 8.67. The minimum Gasteiger partial charge on any atom is -0.207 e. The van der Waals surface area contributed by atoms with Gasteiger partial charge in [-0.25, -0.2) is 8.78 Å². The molecule has 0 unspecified atom stereocenters. The van der Waals surface area contributed by atoms with Crippen LogP contribution >= 0.6 is 0 Å². The van der Waals surface area contributed by atoms with Crippen molar-refractivity contribution in [1.29, 1.82) is 0 Å². The van der Waals surface area contributed by atoms with Crippen LogP contribution in [0.3, 0.4) is 0 Å². The lowest BCUT2D eigenvalue weighted by Gasteiger charge is -2.13. The Labute approximate surface area is 76.6 Å². The first-order valence-corrected chi connectivity index (χ1v) is 4.63. The minimum atomic E-state index is -0.492. The standard InChI is InChI=1S/C11H12F2/c1-2-11(5-6-11)9-4-3-8(12)7-10(9)13/h3-4,7H,2,5-6H2,1H3. The third-order valence-electron chi connectivity index (χ3n) is 3.03. The van der Waals surface area contributed by atoms with Crippen molar-refractivity contribution in [3.05, 3.63) is 35.4 Å². The molecule has 0 amide bonds. The smallest absolute Gasteiger partial charge is 0.129 e. The van der Waals surface area contributed by atoms with Crippen LogP contribution in [0.2, 0.25) is 0 Å². The van der Waals surface area contributed by atoms with Crippen molar-refractivity contribution < 1.29 is 8.78 Å². The van der Waals surface area contributed by atoms with E-state index in [-0.39, 0.29) is 11.2 Å². The van der Waals surface area contributed by atoms with E-state index < -0.39 is 5.82 Å². The molecule has 0 heterocycles. The molecule has 1 fully saturated rings. The van der Waals surface area contributed by atoms with Gasteiger partial charge in [-0.1, -0.05) is 13.0 Å². The van der Waals surface area contributed by atoms with E-state index in [4.69, 9.17) is 0 Å². The van der Waals surface area contributed by atoms with E-state index >= 15 is 0 Å². The Bertz CT molecular complexity index is 327. The summed E-state index contributed by atoms with van der Waals surface area (Å²) >= 11 is 0. The molecule has 0 radical (unpaired) electrons. The lowest BCUT2D eigenvalue weighted by molar-refractivity contribution is 0.540. The summed E-state index contributed by atoms with van der Waals surface area (Å²) in [5.74, 6) is -0.882. The largest absolute Gasteiger partial charge is 0.207 e. The lowest BCUT2D eigenvalue weighted by Crippen LogP contribution is -2.07.